The molecule has 0 spiro atoms. The molecule has 2 aliphatic rings. The number of nitrogens with zero attached hydrogens (tertiary/aromatic N) is 2. The highest BCUT2D eigenvalue weighted by Gasteiger charge is 2.32. The molecule has 0 bridgehead atoms. The number of ether oxygens (including phenoxy) is 1. The minimum Gasteiger partial charge on any atom is -0.368 e. The van der Waals surface area contributed by atoms with Crippen molar-refractivity contribution >= 4 is 11.8 Å². The Labute approximate surface area is 149 Å². The van der Waals surface area contributed by atoms with Gasteiger partial charge in [-0.2, -0.15) is 0 Å². The molecule has 5 heteroatoms. The number of rotatable bonds is 2. The van der Waals surface area contributed by atoms with Crippen molar-refractivity contribution < 1.29 is 14.3 Å². The summed E-state index contributed by atoms with van der Waals surface area (Å²) in [5, 5.41) is 0. The fraction of sp³-hybridized carbons (Fsp3) is 0.600. The van der Waals surface area contributed by atoms with Crippen LogP contribution in [0.2, 0.25) is 0 Å². The third-order valence-corrected chi connectivity index (χ3v) is 5.66. The summed E-state index contributed by atoms with van der Waals surface area (Å²) in [6.45, 7) is 11.2. The van der Waals surface area contributed by atoms with Gasteiger partial charge in [-0.15, -0.1) is 0 Å². The van der Waals surface area contributed by atoms with Crippen LogP contribution in [0.25, 0.3) is 0 Å². The topological polar surface area (TPSA) is 49.9 Å². The SMILES string of the molecule is Cc1cc(C)c(C)c(C(=O)N2CCN(C(=O)C3CCCO3)CC2)c1C. The third-order valence-electron chi connectivity index (χ3n) is 5.66. The van der Waals surface area contributed by atoms with Crippen LogP contribution in [0.15, 0.2) is 6.07 Å². The maximum absolute atomic E-state index is 13.1. The number of amides is 2. The van der Waals surface area contributed by atoms with E-state index in [0.29, 0.717) is 32.8 Å². The van der Waals surface area contributed by atoms with E-state index in [-0.39, 0.29) is 17.9 Å². The van der Waals surface area contributed by atoms with Gasteiger partial charge in [-0.1, -0.05) is 6.07 Å². The van der Waals surface area contributed by atoms with Crippen molar-refractivity contribution in [3.05, 3.63) is 33.9 Å². The largest absolute Gasteiger partial charge is 0.368 e. The Morgan fingerprint density at radius 3 is 2.04 bits per heavy atom. The molecule has 2 aliphatic heterocycles. The van der Waals surface area contributed by atoms with Crippen LogP contribution in [0.5, 0.6) is 0 Å². The van der Waals surface area contributed by atoms with Crippen molar-refractivity contribution in [2.24, 2.45) is 0 Å². The van der Waals surface area contributed by atoms with E-state index in [1.165, 1.54) is 0 Å². The number of hydrogen-bond donors (Lipinski definition) is 0. The summed E-state index contributed by atoms with van der Waals surface area (Å²) in [5.41, 5.74) is 5.26. The number of carbonyl (C=O) groups is 2. The van der Waals surface area contributed by atoms with Gasteiger partial charge in [0.25, 0.3) is 11.8 Å². The molecule has 5 nitrogen and oxygen atoms in total. The zero-order chi connectivity index (χ0) is 18.1. The lowest BCUT2D eigenvalue weighted by molar-refractivity contribution is -0.142. The molecule has 136 valence electrons. The van der Waals surface area contributed by atoms with Crippen molar-refractivity contribution in [3.8, 4) is 0 Å². The van der Waals surface area contributed by atoms with Crippen LogP contribution in [0.4, 0.5) is 0 Å². The van der Waals surface area contributed by atoms with Gasteiger partial charge in [0.2, 0.25) is 0 Å². The average Bonchev–Trinajstić information content (AvgIpc) is 3.14. The summed E-state index contributed by atoms with van der Waals surface area (Å²) in [5.74, 6) is 0.175. The molecule has 2 amide bonds. The molecular weight excluding hydrogens is 316 g/mol. The van der Waals surface area contributed by atoms with Crippen LogP contribution < -0.4 is 0 Å². The summed E-state index contributed by atoms with van der Waals surface area (Å²) >= 11 is 0. The van der Waals surface area contributed by atoms with Gasteiger partial charge < -0.3 is 14.5 Å². The number of benzene rings is 1. The Morgan fingerprint density at radius 2 is 1.52 bits per heavy atom. The normalized spacial score (nSPS) is 20.9. The van der Waals surface area contributed by atoms with Crippen LogP contribution in [-0.4, -0.2) is 60.5 Å². The highest BCUT2D eigenvalue weighted by Crippen LogP contribution is 2.24. The van der Waals surface area contributed by atoms with Gasteiger partial charge in [-0.3, -0.25) is 9.59 Å². The second-order valence-electron chi connectivity index (χ2n) is 7.25. The van der Waals surface area contributed by atoms with Crippen LogP contribution in [0.1, 0.15) is 45.5 Å². The fourth-order valence-corrected chi connectivity index (χ4v) is 3.80. The maximum Gasteiger partial charge on any atom is 0.254 e. The zero-order valence-corrected chi connectivity index (χ0v) is 15.7. The Bertz CT molecular complexity index is 658. The van der Waals surface area contributed by atoms with E-state index >= 15 is 0 Å². The van der Waals surface area contributed by atoms with Gasteiger partial charge in [-0.05, 0) is 62.8 Å². The lowest BCUT2D eigenvalue weighted by Gasteiger charge is -2.36. The molecule has 1 atom stereocenters. The van der Waals surface area contributed by atoms with Gasteiger partial charge in [0.1, 0.15) is 6.10 Å². The van der Waals surface area contributed by atoms with Crippen molar-refractivity contribution in [3.63, 3.8) is 0 Å². The van der Waals surface area contributed by atoms with Crippen molar-refractivity contribution in [2.45, 2.75) is 46.6 Å². The summed E-state index contributed by atoms with van der Waals surface area (Å²) in [7, 11) is 0. The second kappa shape index (κ2) is 7.16. The van der Waals surface area contributed by atoms with Gasteiger partial charge in [0.15, 0.2) is 0 Å². The highest BCUT2D eigenvalue weighted by atomic mass is 16.5. The minimum absolute atomic E-state index is 0.0864. The maximum atomic E-state index is 13.1. The second-order valence-corrected chi connectivity index (χ2v) is 7.25. The number of hydrogen-bond acceptors (Lipinski definition) is 3. The average molecular weight is 344 g/mol. The Hall–Kier alpha value is -1.88. The fourth-order valence-electron chi connectivity index (χ4n) is 3.80. The molecule has 2 heterocycles. The Morgan fingerprint density at radius 1 is 0.960 bits per heavy atom. The number of carbonyl (C=O) groups excluding carboxylic acids is 2. The van der Waals surface area contributed by atoms with Crippen molar-refractivity contribution in [1.29, 1.82) is 0 Å². The third kappa shape index (κ3) is 3.43. The predicted octanol–water partition coefficient (Wildman–Crippen LogP) is 2.38. The zero-order valence-electron chi connectivity index (χ0n) is 15.7. The van der Waals surface area contributed by atoms with Crippen molar-refractivity contribution in [1.82, 2.24) is 9.80 Å². The van der Waals surface area contributed by atoms with Crippen LogP contribution in [0.3, 0.4) is 0 Å². The first-order valence-electron chi connectivity index (χ1n) is 9.17. The number of piperazine rings is 1. The van der Waals surface area contributed by atoms with Crippen molar-refractivity contribution in [2.75, 3.05) is 32.8 Å². The van der Waals surface area contributed by atoms with Crippen LogP contribution in [0, 0.1) is 27.7 Å². The van der Waals surface area contributed by atoms with E-state index in [1.807, 2.05) is 23.6 Å². The summed E-state index contributed by atoms with van der Waals surface area (Å²) < 4.78 is 5.50. The summed E-state index contributed by atoms with van der Waals surface area (Å²) in [6.07, 6.45) is 1.50. The molecule has 1 aromatic carbocycles. The van der Waals surface area contributed by atoms with E-state index in [4.69, 9.17) is 4.74 Å². The molecule has 0 saturated carbocycles. The molecule has 0 aromatic heterocycles. The van der Waals surface area contributed by atoms with E-state index in [0.717, 1.165) is 40.7 Å². The molecule has 0 aliphatic carbocycles. The quantitative estimate of drug-likeness (QED) is 0.828. The molecule has 0 N–H and O–H groups in total. The lowest BCUT2D eigenvalue weighted by Crippen LogP contribution is -2.53. The minimum atomic E-state index is -0.272. The first-order chi connectivity index (χ1) is 11.9. The van der Waals surface area contributed by atoms with E-state index < -0.39 is 0 Å². The monoisotopic (exact) mass is 344 g/mol. The highest BCUT2D eigenvalue weighted by molar-refractivity contribution is 5.98. The number of aryl methyl sites for hydroxylation is 2. The molecule has 0 radical (unpaired) electrons. The molecule has 1 unspecified atom stereocenters. The van der Waals surface area contributed by atoms with Gasteiger partial charge in [0, 0.05) is 38.3 Å². The molecule has 25 heavy (non-hydrogen) atoms. The molecule has 2 saturated heterocycles. The summed E-state index contributed by atoms with van der Waals surface area (Å²) in [6, 6.07) is 2.14. The molecule has 1 aromatic rings. The Balaban J connectivity index is 1.69. The predicted molar refractivity (Wildman–Crippen MR) is 96.8 cm³/mol. The van der Waals surface area contributed by atoms with Crippen LogP contribution >= 0.6 is 0 Å². The van der Waals surface area contributed by atoms with Gasteiger partial charge >= 0.3 is 0 Å². The molecular formula is C20H28N2O3. The van der Waals surface area contributed by atoms with E-state index in [2.05, 4.69) is 19.9 Å². The standard InChI is InChI=1S/C20H28N2O3/c1-13-12-14(2)16(4)18(15(13)3)20(24)22-9-7-21(8-10-22)19(23)17-6-5-11-25-17/h12,17H,5-11H2,1-4H3. The summed E-state index contributed by atoms with van der Waals surface area (Å²) in [4.78, 5) is 29.2. The van der Waals surface area contributed by atoms with E-state index in [9.17, 15) is 9.59 Å². The first kappa shape index (κ1) is 17.9. The van der Waals surface area contributed by atoms with E-state index in [1.54, 1.807) is 0 Å². The first-order valence-corrected chi connectivity index (χ1v) is 9.17. The smallest absolute Gasteiger partial charge is 0.254 e. The molecule has 2 fully saturated rings. The lowest BCUT2D eigenvalue weighted by atomic mass is 9.93. The van der Waals surface area contributed by atoms with Crippen LogP contribution in [-0.2, 0) is 9.53 Å². The molecule has 3 rings (SSSR count). The van der Waals surface area contributed by atoms with Gasteiger partial charge in [0.05, 0.1) is 0 Å². The Kier molecular flexibility index (Phi) is 5.13. The van der Waals surface area contributed by atoms with Gasteiger partial charge in [-0.25, -0.2) is 0 Å².